The highest BCUT2D eigenvalue weighted by Gasteiger charge is 1.95. The average molecular weight is 137 g/mol. The number of aromatic nitrogens is 1. The molecular formula is C8H11NO. The van der Waals surface area contributed by atoms with E-state index in [4.69, 9.17) is 4.52 Å². The molecule has 0 atom stereocenters. The monoisotopic (exact) mass is 137 g/mol. The molecule has 0 unspecified atom stereocenters. The summed E-state index contributed by atoms with van der Waals surface area (Å²) in [7, 11) is 0. The Bertz CT molecular complexity index is 201. The first-order valence-electron chi connectivity index (χ1n) is 3.33. The summed E-state index contributed by atoms with van der Waals surface area (Å²) in [5.74, 6) is 0.933. The Hall–Kier alpha value is -1.05. The molecule has 0 N–H and O–H groups in total. The molecule has 0 saturated heterocycles. The van der Waals surface area contributed by atoms with Gasteiger partial charge < -0.3 is 4.52 Å². The maximum absolute atomic E-state index is 4.89. The fourth-order valence-electron chi connectivity index (χ4n) is 0.708. The van der Waals surface area contributed by atoms with Gasteiger partial charge in [0, 0.05) is 12.5 Å². The number of aryl methyl sites for hydroxylation is 1. The van der Waals surface area contributed by atoms with E-state index in [1.165, 1.54) is 5.57 Å². The Morgan fingerprint density at radius 1 is 1.80 bits per heavy atom. The quantitative estimate of drug-likeness (QED) is 0.597. The minimum Gasteiger partial charge on any atom is -0.361 e. The largest absolute Gasteiger partial charge is 0.361 e. The molecule has 1 heterocycles. The van der Waals surface area contributed by atoms with Crippen molar-refractivity contribution in [1.29, 1.82) is 0 Å². The highest BCUT2D eigenvalue weighted by atomic mass is 16.5. The first kappa shape index (κ1) is 7.06. The molecule has 1 aromatic rings. The third-order valence-corrected chi connectivity index (χ3v) is 1.29. The summed E-state index contributed by atoms with van der Waals surface area (Å²) >= 11 is 0. The standard InChI is InChI=1S/C8H11NO/c1-7(2)3-4-8-5-6-9-10-8/h5-6H,1,3-4H2,2H3. The molecule has 1 aromatic heterocycles. The molecule has 0 amide bonds. The Morgan fingerprint density at radius 2 is 2.60 bits per heavy atom. The van der Waals surface area contributed by atoms with Gasteiger partial charge in [0.05, 0.1) is 6.20 Å². The number of hydrogen-bond acceptors (Lipinski definition) is 2. The lowest BCUT2D eigenvalue weighted by molar-refractivity contribution is 0.383. The Labute approximate surface area is 60.5 Å². The van der Waals surface area contributed by atoms with Crippen molar-refractivity contribution in [2.24, 2.45) is 0 Å². The van der Waals surface area contributed by atoms with Gasteiger partial charge in [-0.1, -0.05) is 10.7 Å². The van der Waals surface area contributed by atoms with Crippen molar-refractivity contribution in [1.82, 2.24) is 5.16 Å². The topological polar surface area (TPSA) is 26.0 Å². The van der Waals surface area contributed by atoms with Crippen LogP contribution in [0.2, 0.25) is 0 Å². The molecule has 2 heteroatoms. The molecule has 54 valence electrons. The van der Waals surface area contributed by atoms with Gasteiger partial charge in [-0.2, -0.15) is 0 Å². The minimum absolute atomic E-state index is 0.912. The van der Waals surface area contributed by atoms with Crippen molar-refractivity contribution in [3.8, 4) is 0 Å². The van der Waals surface area contributed by atoms with Gasteiger partial charge in [0.1, 0.15) is 5.76 Å². The summed E-state index contributed by atoms with van der Waals surface area (Å²) < 4.78 is 4.89. The van der Waals surface area contributed by atoms with Crippen LogP contribution in [-0.2, 0) is 6.42 Å². The lowest BCUT2D eigenvalue weighted by Gasteiger charge is -1.92. The van der Waals surface area contributed by atoms with Crippen LogP contribution in [0.5, 0.6) is 0 Å². The number of allylic oxidation sites excluding steroid dienone is 1. The molecule has 0 radical (unpaired) electrons. The van der Waals surface area contributed by atoms with E-state index in [-0.39, 0.29) is 0 Å². The first-order chi connectivity index (χ1) is 4.79. The molecule has 0 bridgehead atoms. The summed E-state index contributed by atoms with van der Waals surface area (Å²) in [5.41, 5.74) is 1.18. The van der Waals surface area contributed by atoms with Crippen molar-refractivity contribution in [2.75, 3.05) is 0 Å². The zero-order valence-corrected chi connectivity index (χ0v) is 6.13. The van der Waals surface area contributed by atoms with E-state index < -0.39 is 0 Å². The third-order valence-electron chi connectivity index (χ3n) is 1.29. The fourth-order valence-corrected chi connectivity index (χ4v) is 0.708. The van der Waals surface area contributed by atoms with E-state index in [0.717, 1.165) is 18.6 Å². The van der Waals surface area contributed by atoms with Crippen LogP contribution < -0.4 is 0 Å². The maximum atomic E-state index is 4.89. The van der Waals surface area contributed by atoms with E-state index >= 15 is 0 Å². The first-order valence-corrected chi connectivity index (χ1v) is 3.33. The van der Waals surface area contributed by atoms with Crippen LogP contribution in [0.25, 0.3) is 0 Å². The molecule has 0 spiro atoms. The third kappa shape index (κ3) is 2.05. The lowest BCUT2D eigenvalue weighted by Crippen LogP contribution is -1.81. The summed E-state index contributed by atoms with van der Waals surface area (Å²) in [6.07, 6.45) is 3.55. The Morgan fingerprint density at radius 3 is 3.10 bits per heavy atom. The summed E-state index contributed by atoms with van der Waals surface area (Å²) in [5, 5.41) is 3.60. The van der Waals surface area contributed by atoms with Crippen LogP contribution in [0.1, 0.15) is 19.1 Å². The van der Waals surface area contributed by atoms with Gasteiger partial charge >= 0.3 is 0 Å². The van der Waals surface area contributed by atoms with Crippen molar-refractivity contribution in [3.63, 3.8) is 0 Å². The van der Waals surface area contributed by atoms with Gasteiger partial charge in [-0.25, -0.2) is 0 Å². The highest BCUT2D eigenvalue weighted by Crippen LogP contribution is 2.05. The second kappa shape index (κ2) is 3.20. The second-order valence-corrected chi connectivity index (χ2v) is 2.44. The van der Waals surface area contributed by atoms with E-state index in [1.54, 1.807) is 6.20 Å². The average Bonchev–Trinajstić information content (AvgIpc) is 2.34. The molecule has 10 heavy (non-hydrogen) atoms. The van der Waals surface area contributed by atoms with E-state index in [1.807, 2.05) is 13.0 Å². The van der Waals surface area contributed by atoms with Gasteiger partial charge in [-0.15, -0.1) is 6.58 Å². The Kier molecular flexibility index (Phi) is 2.26. The SMILES string of the molecule is C=C(C)CCc1ccno1. The predicted molar refractivity (Wildman–Crippen MR) is 39.6 cm³/mol. The predicted octanol–water partition coefficient (Wildman–Crippen LogP) is 2.18. The normalized spacial score (nSPS) is 9.70. The zero-order valence-electron chi connectivity index (χ0n) is 6.13. The molecule has 0 aliphatic carbocycles. The van der Waals surface area contributed by atoms with Gasteiger partial charge in [0.2, 0.25) is 0 Å². The van der Waals surface area contributed by atoms with Gasteiger partial charge in [0.25, 0.3) is 0 Å². The van der Waals surface area contributed by atoms with Crippen LogP contribution in [0.4, 0.5) is 0 Å². The van der Waals surface area contributed by atoms with Crippen LogP contribution in [0, 0.1) is 0 Å². The smallest absolute Gasteiger partial charge is 0.137 e. The summed E-state index contributed by atoms with van der Waals surface area (Å²) in [6, 6.07) is 1.88. The summed E-state index contributed by atoms with van der Waals surface area (Å²) in [4.78, 5) is 0. The lowest BCUT2D eigenvalue weighted by atomic mass is 10.2. The van der Waals surface area contributed by atoms with Crippen molar-refractivity contribution in [3.05, 3.63) is 30.2 Å². The molecule has 0 fully saturated rings. The minimum atomic E-state index is 0.912. The molecule has 0 aromatic carbocycles. The van der Waals surface area contributed by atoms with Crippen LogP contribution in [0.3, 0.4) is 0 Å². The van der Waals surface area contributed by atoms with Gasteiger partial charge in [0.15, 0.2) is 0 Å². The van der Waals surface area contributed by atoms with Crippen molar-refractivity contribution < 1.29 is 4.52 Å². The summed E-state index contributed by atoms with van der Waals surface area (Å²) in [6.45, 7) is 5.80. The zero-order chi connectivity index (χ0) is 7.40. The molecule has 2 nitrogen and oxygen atoms in total. The maximum Gasteiger partial charge on any atom is 0.137 e. The molecular weight excluding hydrogens is 126 g/mol. The highest BCUT2D eigenvalue weighted by molar-refractivity contribution is 4.98. The molecule has 0 saturated carbocycles. The van der Waals surface area contributed by atoms with Crippen molar-refractivity contribution >= 4 is 0 Å². The van der Waals surface area contributed by atoms with Crippen LogP contribution in [0.15, 0.2) is 28.9 Å². The van der Waals surface area contributed by atoms with E-state index in [2.05, 4.69) is 11.7 Å². The van der Waals surface area contributed by atoms with Gasteiger partial charge in [-0.05, 0) is 13.3 Å². The van der Waals surface area contributed by atoms with Crippen LogP contribution in [-0.4, -0.2) is 5.16 Å². The van der Waals surface area contributed by atoms with Gasteiger partial charge in [-0.3, -0.25) is 0 Å². The van der Waals surface area contributed by atoms with E-state index in [9.17, 15) is 0 Å². The number of rotatable bonds is 3. The number of nitrogens with zero attached hydrogens (tertiary/aromatic N) is 1. The second-order valence-electron chi connectivity index (χ2n) is 2.44. The Balaban J connectivity index is 2.35. The van der Waals surface area contributed by atoms with Crippen LogP contribution >= 0.6 is 0 Å². The van der Waals surface area contributed by atoms with E-state index in [0.29, 0.717) is 0 Å². The molecule has 0 aliphatic rings. The molecule has 0 aliphatic heterocycles. The molecule has 1 rings (SSSR count). The van der Waals surface area contributed by atoms with Crippen molar-refractivity contribution in [2.45, 2.75) is 19.8 Å². The number of hydrogen-bond donors (Lipinski definition) is 0. The fraction of sp³-hybridized carbons (Fsp3) is 0.375.